The van der Waals surface area contributed by atoms with Crippen molar-refractivity contribution in [1.82, 2.24) is 10.2 Å². The van der Waals surface area contributed by atoms with Crippen LogP contribution < -0.4 is 5.32 Å². The number of imide groups is 1. The number of hydrogen-bond donors (Lipinski definition) is 2. The molecule has 7 heteroatoms. The molecule has 0 bridgehead atoms. The molecule has 1 fully saturated rings. The van der Waals surface area contributed by atoms with Gasteiger partial charge in [0.05, 0.1) is 16.6 Å². The molecule has 1 saturated heterocycles. The van der Waals surface area contributed by atoms with Gasteiger partial charge in [-0.2, -0.15) is 0 Å². The van der Waals surface area contributed by atoms with Crippen LogP contribution in [0.1, 0.15) is 5.56 Å². The summed E-state index contributed by atoms with van der Waals surface area (Å²) >= 11 is 11.6. The van der Waals surface area contributed by atoms with E-state index < -0.39 is 18.2 Å². The van der Waals surface area contributed by atoms with Crippen LogP contribution in [0.2, 0.25) is 10.0 Å². The third kappa shape index (κ3) is 2.36. The average Bonchev–Trinajstić information content (AvgIpc) is 2.50. The van der Waals surface area contributed by atoms with Gasteiger partial charge in [0.2, 0.25) is 6.23 Å². The Hall–Kier alpha value is -1.30. The van der Waals surface area contributed by atoms with Crippen LogP contribution >= 0.6 is 23.2 Å². The van der Waals surface area contributed by atoms with E-state index >= 15 is 0 Å². The molecule has 1 aromatic rings. The van der Waals surface area contributed by atoms with E-state index in [9.17, 15) is 14.7 Å². The highest BCUT2D eigenvalue weighted by Crippen LogP contribution is 2.24. The first-order valence-electron chi connectivity index (χ1n) is 4.72. The third-order valence-electron chi connectivity index (χ3n) is 2.36. The molecule has 1 aromatic carbocycles. The molecule has 90 valence electrons. The number of urea groups is 1. The zero-order valence-corrected chi connectivity index (χ0v) is 10.00. The van der Waals surface area contributed by atoms with Crippen LogP contribution in [0.4, 0.5) is 4.79 Å². The van der Waals surface area contributed by atoms with Crippen LogP contribution in [0.15, 0.2) is 18.2 Å². The first kappa shape index (κ1) is 12.2. The van der Waals surface area contributed by atoms with E-state index in [1.54, 1.807) is 18.2 Å². The fourth-order valence-electron chi connectivity index (χ4n) is 1.49. The Morgan fingerprint density at radius 3 is 2.53 bits per heavy atom. The van der Waals surface area contributed by atoms with E-state index in [1.807, 2.05) is 5.32 Å². The summed E-state index contributed by atoms with van der Waals surface area (Å²) in [6, 6.07) is 4.19. The molecule has 1 unspecified atom stereocenters. The quantitative estimate of drug-likeness (QED) is 0.801. The first-order chi connectivity index (χ1) is 7.99. The Bertz CT molecular complexity index is 492. The summed E-state index contributed by atoms with van der Waals surface area (Å²) in [4.78, 5) is 23.4. The number of amides is 3. The van der Waals surface area contributed by atoms with Crippen molar-refractivity contribution < 1.29 is 14.7 Å². The summed E-state index contributed by atoms with van der Waals surface area (Å²) in [6.45, 7) is 0.0790. The molecular weight excluding hydrogens is 267 g/mol. The lowest BCUT2D eigenvalue weighted by Gasteiger charge is -2.17. The van der Waals surface area contributed by atoms with Crippen molar-refractivity contribution >= 4 is 35.1 Å². The fraction of sp³-hybridized carbons (Fsp3) is 0.200. The van der Waals surface area contributed by atoms with Gasteiger partial charge in [-0.1, -0.05) is 29.3 Å². The largest absolute Gasteiger partial charge is 0.365 e. The Balaban J connectivity index is 2.18. The van der Waals surface area contributed by atoms with Crippen molar-refractivity contribution in [3.05, 3.63) is 33.8 Å². The SMILES string of the molecule is O=C1NC(=O)N(Cc2ccc(Cl)c(Cl)c2)C1O. The highest BCUT2D eigenvalue weighted by Gasteiger charge is 2.36. The van der Waals surface area contributed by atoms with Crippen LogP contribution in [0.25, 0.3) is 0 Å². The zero-order valence-electron chi connectivity index (χ0n) is 8.48. The number of carbonyl (C=O) groups excluding carboxylic acids is 2. The number of rotatable bonds is 2. The van der Waals surface area contributed by atoms with Gasteiger partial charge in [-0.15, -0.1) is 0 Å². The molecular formula is C10H8Cl2N2O3. The van der Waals surface area contributed by atoms with Gasteiger partial charge in [0.1, 0.15) is 0 Å². The monoisotopic (exact) mass is 274 g/mol. The van der Waals surface area contributed by atoms with Gasteiger partial charge in [0.15, 0.2) is 0 Å². The van der Waals surface area contributed by atoms with Crippen molar-refractivity contribution in [3.8, 4) is 0 Å². The van der Waals surface area contributed by atoms with Crippen molar-refractivity contribution in [2.24, 2.45) is 0 Å². The van der Waals surface area contributed by atoms with Gasteiger partial charge in [-0.3, -0.25) is 15.0 Å². The number of benzene rings is 1. The smallest absolute Gasteiger partial charge is 0.326 e. The van der Waals surface area contributed by atoms with E-state index in [2.05, 4.69) is 0 Å². The summed E-state index contributed by atoms with van der Waals surface area (Å²) in [5.74, 6) is -0.727. The molecule has 1 aliphatic heterocycles. The standard InChI is InChI=1S/C10H8Cl2N2O3/c11-6-2-1-5(3-7(6)12)4-14-9(16)8(15)13-10(14)17/h1-3,9,16H,4H2,(H,13,15,17). The maximum absolute atomic E-state index is 11.3. The van der Waals surface area contributed by atoms with Gasteiger partial charge in [0, 0.05) is 0 Å². The topological polar surface area (TPSA) is 69.6 Å². The summed E-state index contributed by atoms with van der Waals surface area (Å²) in [6.07, 6.45) is -1.46. The maximum Gasteiger partial charge on any atom is 0.326 e. The van der Waals surface area contributed by atoms with Crippen molar-refractivity contribution in [2.75, 3.05) is 0 Å². The van der Waals surface area contributed by atoms with Gasteiger partial charge in [0.25, 0.3) is 5.91 Å². The lowest BCUT2D eigenvalue weighted by Crippen LogP contribution is -2.34. The van der Waals surface area contributed by atoms with Gasteiger partial charge < -0.3 is 5.11 Å². The molecule has 0 spiro atoms. The molecule has 1 heterocycles. The van der Waals surface area contributed by atoms with Gasteiger partial charge in [-0.25, -0.2) is 4.79 Å². The van der Waals surface area contributed by atoms with Gasteiger partial charge in [-0.05, 0) is 17.7 Å². The van der Waals surface area contributed by atoms with E-state index in [0.29, 0.717) is 15.6 Å². The molecule has 0 radical (unpaired) electrons. The summed E-state index contributed by atoms with van der Waals surface area (Å²) in [5.41, 5.74) is 0.670. The van der Waals surface area contributed by atoms with E-state index in [0.717, 1.165) is 4.90 Å². The van der Waals surface area contributed by atoms with Crippen LogP contribution in [-0.2, 0) is 11.3 Å². The Morgan fingerprint density at radius 2 is 2.00 bits per heavy atom. The Morgan fingerprint density at radius 1 is 1.29 bits per heavy atom. The molecule has 0 aliphatic carbocycles. The predicted molar refractivity (Wildman–Crippen MR) is 61.6 cm³/mol. The second-order valence-electron chi connectivity index (χ2n) is 3.54. The lowest BCUT2D eigenvalue weighted by atomic mass is 10.2. The first-order valence-corrected chi connectivity index (χ1v) is 5.48. The van der Waals surface area contributed by atoms with Crippen LogP contribution in [-0.4, -0.2) is 28.2 Å². The molecule has 0 saturated carbocycles. The molecule has 2 rings (SSSR count). The minimum Gasteiger partial charge on any atom is -0.365 e. The van der Waals surface area contributed by atoms with Crippen LogP contribution in [0.5, 0.6) is 0 Å². The zero-order chi connectivity index (χ0) is 12.6. The number of halogens is 2. The van der Waals surface area contributed by atoms with Crippen molar-refractivity contribution in [2.45, 2.75) is 12.8 Å². The average molecular weight is 275 g/mol. The highest BCUT2D eigenvalue weighted by atomic mass is 35.5. The molecule has 17 heavy (non-hydrogen) atoms. The Labute approximate surface area is 107 Å². The summed E-state index contributed by atoms with van der Waals surface area (Å²) in [5, 5.41) is 12.2. The Kier molecular flexibility index (Phi) is 3.24. The number of nitrogens with one attached hydrogen (secondary N) is 1. The summed E-state index contributed by atoms with van der Waals surface area (Å²) in [7, 11) is 0. The fourth-order valence-corrected chi connectivity index (χ4v) is 1.81. The molecule has 2 N–H and O–H groups in total. The molecule has 5 nitrogen and oxygen atoms in total. The maximum atomic E-state index is 11.3. The second kappa shape index (κ2) is 4.52. The molecule has 1 aliphatic rings. The highest BCUT2D eigenvalue weighted by molar-refractivity contribution is 6.42. The normalized spacial score (nSPS) is 19.7. The number of aliphatic hydroxyl groups excluding tert-OH is 1. The minimum absolute atomic E-state index is 0.0790. The number of aliphatic hydroxyl groups is 1. The number of hydrogen-bond acceptors (Lipinski definition) is 3. The van der Waals surface area contributed by atoms with Crippen molar-refractivity contribution in [1.29, 1.82) is 0 Å². The number of nitrogens with zero attached hydrogens (tertiary/aromatic N) is 1. The molecule has 1 atom stereocenters. The number of carbonyl (C=O) groups is 2. The third-order valence-corrected chi connectivity index (χ3v) is 3.10. The second-order valence-corrected chi connectivity index (χ2v) is 4.36. The van der Waals surface area contributed by atoms with E-state index in [-0.39, 0.29) is 6.54 Å². The molecule has 3 amide bonds. The lowest BCUT2D eigenvalue weighted by molar-refractivity contribution is -0.130. The van der Waals surface area contributed by atoms with E-state index in [1.165, 1.54) is 0 Å². The predicted octanol–water partition coefficient (Wildman–Crippen LogP) is 1.36. The van der Waals surface area contributed by atoms with Crippen LogP contribution in [0.3, 0.4) is 0 Å². The van der Waals surface area contributed by atoms with Gasteiger partial charge >= 0.3 is 6.03 Å². The van der Waals surface area contributed by atoms with E-state index in [4.69, 9.17) is 23.2 Å². The van der Waals surface area contributed by atoms with Crippen LogP contribution in [0, 0.1) is 0 Å². The summed E-state index contributed by atoms with van der Waals surface area (Å²) < 4.78 is 0. The molecule has 0 aromatic heterocycles. The minimum atomic E-state index is -1.46. The van der Waals surface area contributed by atoms with Crippen molar-refractivity contribution in [3.63, 3.8) is 0 Å².